The highest BCUT2D eigenvalue weighted by molar-refractivity contribution is 7.85. The van der Waals surface area contributed by atoms with Gasteiger partial charge in [-0.1, -0.05) is 6.42 Å². The molecular formula is C9H18O5S. The average Bonchev–Trinajstić information content (AvgIpc) is 2.09. The molecule has 5 nitrogen and oxygen atoms in total. The average molecular weight is 238 g/mol. The summed E-state index contributed by atoms with van der Waals surface area (Å²) in [5.41, 5.74) is -0.603. The molecule has 0 fully saturated rings. The summed E-state index contributed by atoms with van der Waals surface area (Å²) in [4.78, 5) is 11.2. The van der Waals surface area contributed by atoms with Crippen LogP contribution in [0.2, 0.25) is 0 Å². The molecule has 0 aromatic rings. The number of carbonyl (C=O) groups is 1. The van der Waals surface area contributed by atoms with Crippen LogP contribution in [0.5, 0.6) is 0 Å². The van der Waals surface area contributed by atoms with Gasteiger partial charge in [0.25, 0.3) is 10.1 Å². The fourth-order valence-electron chi connectivity index (χ4n) is 1.23. The minimum atomic E-state index is -3.88. The summed E-state index contributed by atoms with van der Waals surface area (Å²) in [5, 5.41) is 0. The first kappa shape index (κ1) is 14.4. The summed E-state index contributed by atoms with van der Waals surface area (Å²) in [5.74, 6) is -0.570. The third-order valence-electron chi connectivity index (χ3n) is 2.19. The number of rotatable bonds is 6. The summed E-state index contributed by atoms with van der Waals surface area (Å²) in [6.07, 6.45) is 1.44. The van der Waals surface area contributed by atoms with E-state index in [9.17, 15) is 13.2 Å². The molecule has 6 heteroatoms. The Morgan fingerprint density at radius 1 is 1.33 bits per heavy atom. The first-order valence-corrected chi connectivity index (χ1v) is 6.33. The molecule has 0 amide bonds. The highest BCUT2D eigenvalue weighted by Gasteiger charge is 2.27. The van der Waals surface area contributed by atoms with Crippen LogP contribution in [0.1, 0.15) is 33.1 Å². The van der Waals surface area contributed by atoms with Gasteiger partial charge in [-0.2, -0.15) is 8.42 Å². The van der Waals surface area contributed by atoms with E-state index >= 15 is 0 Å². The van der Waals surface area contributed by atoms with Crippen LogP contribution in [0.15, 0.2) is 0 Å². The Morgan fingerprint density at radius 3 is 2.27 bits per heavy atom. The minimum Gasteiger partial charge on any atom is -0.469 e. The molecule has 0 saturated heterocycles. The van der Waals surface area contributed by atoms with Gasteiger partial charge in [-0.25, -0.2) is 0 Å². The molecule has 0 bridgehead atoms. The smallest absolute Gasteiger partial charge is 0.311 e. The van der Waals surface area contributed by atoms with Gasteiger partial charge >= 0.3 is 5.97 Å². The Bertz CT molecular complexity index is 304. The SMILES string of the molecule is COC(=O)C(C)(C)CCCCS(=O)(=O)O. The Morgan fingerprint density at radius 2 is 1.87 bits per heavy atom. The molecule has 15 heavy (non-hydrogen) atoms. The normalized spacial score (nSPS) is 12.5. The molecule has 0 aromatic heterocycles. The summed E-state index contributed by atoms with van der Waals surface area (Å²) >= 11 is 0. The van der Waals surface area contributed by atoms with Gasteiger partial charge in [-0.3, -0.25) is 9.35 Å². The first-order chi connectivity index (χ1) is 6.69. The molecule has 0 aliphatic heterocycles. The summed E-state index contributed by atoms with van der Waals surface area (Å²) in [6.45, 7) is 3.48. The van der Waals surface area contributed by atoms with Crippen LogP contribution in [-0.4, -0.2) is 31.8 Å². The van der Waals surface area contributed by atoms with E-state index in [4.69, 9.17) is 4.55 Å². The number of carbonyl (C=O) groups excluding carboxylic acids is 1. The van der Waals surface area contributed by atoms with Crippen molar-refractivity contribution in [2.75, 3.05) is 12.9 Å². The maximum absolute atomic E-state index is 11.2. The Hall–Kier alpha value is -0.620. The fourth-order valence-corrected chi connectivity index (χ4v) is 1.80. The zero-order chi connectivity index (χ0) is 12.1. The zero-order valence-electron chi connectivity index (χ0n) is 9.32. The maximum atomic E-state index is 11.2. The second kappa shape index (κ2) is 5.46. The van der Waals surface area contributed by atoms with Gasteiger partial charge in [0.1, 0.15) is 0 Å². The molecule has 0 aliphatic rings. The van der Waals surface area contributed by atoms with Crippen molar-refractivity contribution in [2.24, 2.45) is 5.41 Å². The number of unbranched alkanes of at least 4 members (excludes halogenated alkanes) is 1. The lowest BCUT2D eigenvalue weighted by atomic mass is 9.87. The van der Waals surface area contributed by atoms with Gasteiger partial charge in [-0.15, -0.1) is 0 Å². The van der Waals surface area contributed by atoms with E-state index in [1.807, 2.05) is 0 Å². The lowest BCUT2D eigenvalue weighted by molar-refractivity contribution is -0.151. The second-order valence-corrected chi connectivity index (χ2v) is 5.69. The monoisotopic (exact) mass is 238 g/mol. The predicted molar refractivity (Wildman–Crippen MR) is 56.1 cm³/mol. The molecule has 0 heterocycles. The van der Waals surface area contributed by atoms with Crippen molar-refractivity contribution in [1.29, 1.82) is 0 Å². The minimum absolute atomic E-state index is 0.260. The van der Waals surface area contributed by atoms with Crippen LogP contribution in [0.3, 0.4) is 0 Å². The second-order valence-electron chi connectivity index (χ2n) is 4.12. The van der Waals surface area contributed by atoms with Crippen LogP contribution >= 0.6 is 0 Å². The first-order valence-electron chi connectivity index (χ1n) is 4.72. The Kier molecular flexibility index (Phi) is 5.23. The fraction of sp³-hybridized carbons (Fsp3) is 0.889. The molecule has 90 valence electrons. The van der Waals surface area contributed by atoms with Crippen LogP contribution in [-0.2, 0) is 19.6 Å². The van der Waals surface area contributed by atoms with Crippen molar-refractivity contribution in [3.63, 3.8) is 0 Å². The largest absolute Gasteiger partial charge is 0.469 e. The lowest BCUT2D eigenvalue weighted by Crippen LogP contribution is -2.25. The number of ether oxygens (including phenoxy) is 1. The quantitative estimate of drug-likeness (QED) is 0.428. The predicted octanol–water partition coefficient (Wildman–Crippen LogP) is 1.24. The summed E-state index contributed by atoms with van der Waals surface area (Å²) in [6, 6.07) is 0. The van der Waals surface area contributed by atoms with Gasteiger partial charge in [0.2, 0.25) is 0 Å². The molecule has 0 aromatic carbocycles. The number of esters is 1. The third-order valence-corrected chi connectivity index (χ3v) is 3.00. The molecule has 0 atom stereocenters. The summed E-state index contributed by atoms with van der Waals surface area (Å²) in [7, 11) is -2.56. The van der Waals surface area contributed by atoms with Crippen molar-refractivity contribution >= 4 is 16.1 Å². The van der Waals surface area contributed by atoms with Crippen molar-refractivity contribution in [2.45, 2.75) is 33.1 Å². The Balaban J connectivity index is 3.91. The van der Waals surface area contributed by atoms with E-state index in [1.165, 1.54) is 7.11 Å². The number of hydrogen-bond acceptors (Lipinski definition) is 4. The maximum Gasteiger partial charge on any atom is 0.311 e. The molecule has 0 unspecified atom stereocenters. The third kappa shape index (κ3) is 6.46. The van der Waals surface area contributed by atoms with E-state index < -0.39 is 15.5 Å². The number of methoxy groups -OCH3 is 1. The molecule has 0 rings (SSSR count). The van der Waals surface area contributed by atoms with E-state index in [-0.39, 0.29) is 11.7 Å². The van der Waals surface area contributed by atoms with Gasteiger partial charge in [0.05, 0.1) is 18.3 Å². The lowest BCUT2D eigenvalue weighted by Gasteiger charge is -2.20. The molecule has 0 saturated carbocycles. The highest BCUT2D eigenvalue weighted by atomic mass is 32.2. The van der Waals surface area contributed by atoms with E-state index in [2.05, 4.69) is 4.74 Å². The van der Waals surface area contributed by atoms with E-state index in [0.29, 0.717) is 19.3 Å². The molecule has 0 spiro atoms. The van der Waals surface area contributed by atoms with Crippen molar-refractivity contribution < 1.29 is 22.5 Å². The molecular weight excluding hydrogens is 220 g/mol. The molecule has 0 aliphatic carbocycles. The topological polar surface area (TPSA) is 80.7 Å². The number of hydrogen-bond donors (Lipinski definition) is 1. The van der Waals surface area contributed by atoms with Crippen LogP contribution in [0.4, 0.5) is 0 Å². The van der Waals surface area contributed by atoms with E-state index in [1.54, 1.807) is 13.8 Å². The van der Waals surface area contributed by atoms with E-state index in [0.717, 1.165) is 0 Å². The van der Waals surface area contributed by atoms with Crippen LogP contribution < -0.4 is 0 Å². The van der Waals surface area contributed by atoms with Gasteiger partial charge in [0.15, 0.2) is 0 Å². The van der Waals surface area contributed by atoms with Crippen LogP contribution in [0, 0.1) is 5.41 Å². The van der Waals surface area contributed by atoms with Crippen LogP contribution in [0.25, 0.3) is 0 Å². The highest BCUT2D eigenvalue weighted by Crippen LogP contribution is 2.24. The van der Waals surface area contributed by atoms with Gasteiger partial charge in [0, 0.05) is 0 Å². The molecule has 1 N–H and O–H groups in total. The van der Waals surface area contributed by atoms with Crippen molar-refractivity contribution in [1.82, 2.24) is 0 Å². The Labute approximate surface area is 90.6 Å². The van der Waals surface area contributed by atoms with Crippen molar-refractivity contribution in [3.8, 4) is 0 Å². The van der Waals surface area contributed by atoms with Crippen molar-refractivity contribution in [3.05, 3.63) is 0 Å². The summed E-state index contributed by atoms with van der Waals surface area (Å²) < 4.78 is 33.9. The molecule has 0 radical (unpaired) electrons. The van der Waals surface area contributed by atoms with Gasteiger partial charge in [-0.05, 0) is 26.7 Å². The van der Waals surface area contributed by atoms with Gasteiger partial charge < -0.3 is 4.74 Å². The zero-order valence-corrected chi connectivity index (χ0v) is 10.1. The standard InChI is InChI=1S/C9H18O5S/c1-9(2,8(10)14-3)6-4-5-7-15(11,12)13/h4-7H2,1-3H3,(H,11,12,13).